The summed E-state index contributed by atoms with van der Waals surface area (Å²) in [6, 6.07) is 4.34. The van der Waals surface area contributed by atoms with Crippen molar-refractivity contribution in [3.63, 3.8) is 0 Å². The van der Waals surface area contributed by atoms with Gasteiger partial charge in [-0.1, -0.05) is 35.4 Å². The van der Waals surface area contributed by atoms with Crippen LogP contribution < -0.4 is 16.0 Å². The quantitative estimate of drug-likeness (QED) is 0.405. The Balaban J connectivity index is 1.54. The Morgan fingerprint density at radius 2 is 2.08 bits per heavy atom. The van der Waals surface area contributed by atoms with Crippen LogP contribution in [0.3, 0.4) is 0 Å². The predicted octanol–water partition coefficient (Wildman–Crippen LogP) is 3.77. The van der Waals surface area contributed by atoms with Crippen molar-refractivity contribution < 1.29 is 14.4 Å². The normalized spacial score (nSPS) is 22.3. The molecule has 2 aliphatic rings. The van der Waals surface area contributed by atoms with Gasteiger partial charge in [0.25, 0.3) is 0 Å². The maximum Gasteiger partial charge on any atom is 0.314 e. The number of carbonyl (C=O) groups excluding carboxylic acids is 3. The van der Waals surface area contributed by atoms with E-state index in [0.717, 1.165) is 18.4 Å². The Kier molecular flexibility index (Phi) is 7.90. The number of rotatable bonds is 7. The van der Waals surface area contributed by atoms with Gasteiger partial charge in [-0.15, -0.1) is 0 Å². The molecule has 1 aliphatic heterocycles. The number of hydrogen-bond acceptors (Lipinski definition) is 4. The number of nitrogens with zero attached hydrogens (tertiary/aromatic N) is 2. The fraction of sp³-hybridized carbons (Fsp3) is 0.440. The number of H-pyrrole nitrogens is 1. The van der Waals surface area contributed by atoms with Crippen LogP contribution in [0.4, 0.5) is 4.79 Å². The first-order valence-corrected chi connectivity index (χ1v) is 12.8. The highest BCUT2D eigenvalue weighted by atomic mass is 35.5. The van der Waals surface area contributed by atoms with Crippen LogP contribution in [-0.2, 0) is 9.59 Å². The summed E-state index contributed by atoms with van der Waals surface area (Å²) in [6.45, 7) is 4.95. The molecule has 3 atom stereocenters. The second-order valence-corrected chi connectivity index (χ2v) is 10.1. The standard InChI is InChI=1S/C25H30Cl2N6O3/c1-3-28-24(36)29-14-18-7-5-11-33(18)23(35)25(10-4-6-17(27)13-25)22(34)30-15(2)21-31-19-9-8-16(26)12-20(19)32-21/h4,6,8-10,12,15,18H,3,5,7,11,13-14H2,1-2H3,(H,30,34)(H,31,32)(H2,28,29,36)/t15-,18+,25?/m0/s1. The van der Waals surface area contributed by atoms with E-state index in [1.165, 1.54) is 0 Å². The molecule has 36 heavy (non-hydrogen) atoms. The maximum atomic E-state index is 13.9. The first-order chi connectivity index (χ1) is 17.2. The van der Waals surface area contributed by atoms with Crippen LogP contribution in [0.1, 0.15) is 45.0 Å². The fourth-order valence-electron chi connectivity index (χ4n) is 4.70. The van der Waals surface area contributed by atoms with Gasteiger partial charge in [0, 0.05) is 42.2 Å². The Morgan fingerprint density at radius 1 is 1.28 bits per heavy atom. The van der Waals surface area contributed by atoms with Crippen LogP contribution in [0.25, 0.3) is 11.0 Å². The molecule has 1 fully saturated rings. The molecule has 0 radical (unpaired) electrons. The lowest BCUT2D eigenvalue weighted by molar-refractivity contribution is -0.148. The summed E-state index contributed by atoms with van der Waals surface area (Å²) in [4.78, 5) is 49.0. The van der Waals surface area contributed by atoms with Crippen LogP contribution in [0, 0.1) is 5.41 Å². The number of hydrogen-bond donors (Lipinski definition) is 4. The zero-order chi connectivity index (χ0) is 25.9. The Labute approximate surface area is 219 Å². The van der Waals surface area contributed by atoms with Crippen molar-refractivity contribution in [1.82, 2.24) is 30.8 Å². The first-order valence-electron chi connectivity index (χ1n) is 12.1. The largest absolute Gasteiger partial charge is 0.345 e. The average molecular weight is 533 g/mol. The van der Waals surface area contributed by atoms with Crippen molar-refractivity contribution in [2.75, 3.05) is 19.6 Å². The van der Waals surface area contributed by atoms with E-state index in [9.17, 15) is 14.4 Å². The minimum Gasteiger partial charge on any atom is -0.345 e. The van der Waals surface area contributed by atoms with E-state index < -0.39 is 17.4 Å². The van der Waals surface area contributed by atoms with Crippen molar-refractivity contribution in [3.05, 3.63) is 52.3 Å². The van der Waals surface area contributed by atoms with Gasteiger partial charge in [0.15, 0.2) is 5.41 Å². The summed E-state index contributed by atoms with van der Waals surface area (Å²) in [5.41, 5.74) is -0.0132. The van der Waals surface area contributed by atoms with Crippen LogP contribution >= 0.6 is 23.2 Å². The van der Waals surface area contributed by atoms with Gasteiger partial charge >= 0.3 is 6.03 Å². The third-order valence-corrected chi connectivity index (χ3v) is 7.08. The van der Waals surface area contributed by atoms with Crippen molar-refractivity contribution in [2.24, 2.45) is 5.41 Å². The predicted molar refractivity (Wildman–Crippen MR) is 140 cm³/mol. The highest BCUT2D eigenvalue weighted by Gasteiger charge is 2.49. The number of halogens is 2. The molecule has 1 aromatic carbocycles. The van der Waals surface area contributed by atoms with Crippen molar-refractivity contribution in [2.45, 2.75) is 45.2 Å². The number of benzene rings is 1. The zero-order valence-corrected chi connectivity index (χ0v) is 21.7. The number of aromatic amines is 1. The molecular weight excluding hydrogens is 503 g/mol. The number of imidazole rings is 1. The highest BCUT2D eigenvalue weighted by molar-refractivity contribution is 6.31. The Morgan fingerprint density at radius 3 is 2.83 bits per heavy atom. The molecule has 11 heteroatoms. The summed E-state index contributed by atoms with van der Waals surface area (Å²) < 4.78 is 0. The molecule has 4 N–H and O–H groups in total. The fourth-order valence-corrected chi connectivity index (χ4v) is 5.15. The number of allylic oxidation sites excluding steroid dienone is 3. The number of nitrogens with one attached hydrogen (secondary N) is 4. The third kappa shape index (κ3) is 5.37. The number of aromatic nitrogens is 2. The second-order valence-electron chi connectivity index (χ2n) is 9.13. The van der Waals surface area contributed by atoms with Gasteiger partial charge in [0.05, 0.1) is 17.1 Å². The summed E-state index contributed by atoms with van der Waals surface area (Å²) in [7, 11) is 0. The number of urea groups is 1. The van der Waals surface area contributed by atoms with Gasteiger partial charge in [-0.3, -0.25) is 9.59 Å². The molecule has 0 saturated carbocycles. The molecule has 192 valence electrons. The molecule has 1 aliphatic carbocycles. The molecule has 2 aromatic rings. The molecule has 0 spiro atoms. The van der Waals surface area contributed by atoms with E-state index in [-0.39, 0.29) is 24.4 Å². The monoisotopic (exact) mass is 532 g/mol. The van der Waals surface area contributed by atoms with Gasteiger partial charge in [-0.05, 0) is 51.0 Å². The zero-order valence-electron chi connectivity index (χ0n) is 20.2. The van der Waals surface area contributed by atoms with E-state index in [1.54, 1.807) is 42.2 Å². The van der Waals surface area contributed by atoms with E-state index in [2.05, 4.69) is 25.9 Å². The summed E-state index contributed by atoms with van der Waals surface area (Å²) in [6.07, 6.45) is 6.54. The molecule has 0 bridgehead atoms. The molecule has 4 amide bonds. The lowest BCUT2D eigenvalue weighted by Gasteiger charge is -2.36. The minimum absolute atomic E-state index is 0.0607. The van der Waals surface area contributed by atoms with Crippen LogP contribution in [0.15, 0.2) is 41.5 Å². The van der Waals surface area contributed by atoms with Crippen LogP contribution in [0.5, 0.6) is 0 Å². The van der Waals surface area contributed by atoms with Crippen molar-refractivity contribution in [3.8, 4) is 0 Å². The minimum atomic E-state index is -1.50. The van der Waals surface area contributed by atoms with Gasteiger partial charge in [-0.2, -0.15) is 0 Å². The smallest absolute Gasteiger partial charge is 0.314 e. The molecule has 1 saturated heterocycles. The van der Waals surface area contributed by atoms with E-state index >= 15 is 0 Å². The number of fused-ring (bicyclic) bond motifs is 1. The van der Waals surface area contributed by atoms with Crippen molar-refractivity contribution in [1.29, 1.82) is 0 Å². The van der Waals surface area contributed by atoms with Gasteiger partial charge < -0.3 is 25.8 Å². The molecule has 1 aromatic heterocycles. The van der Waals surface area contributed by atoms with Gasteiger partial charge in [0.2, 0.25) is 11.8 Å². The Bertz CT molecular complexity index is 1230. The Hall–Kier alpha value is -3.04. The lowest BCUT2D eigenvalue weighted by atomic mass is 9.78. The van der Waals surface area contributed by atoms with Crippen LogP contribution in [-0.4, -0.2) is 58.4 Å². The van der Waals surface area contributed by atoms with E-state index in [0.29, 0.717) is 41.0 Å². The average Bonchev–Trinajstić information content (AvgIpc) is 3.49. The number of amides is 4. The molecule has 9 nitrogen and oxygen atoms in total. The van der Waals surface area contributed by atoms with Gasteiger partial charge in [-0.25, -0.2) is 9.78 Å². The maximum absolute atomic E-state index is 13.9. The number of carbonyl (C=O) groups is 3. The first kappa shape index (κ1) is 26.0. The molecular formula is C25H30Cl2N6O3. The van der Waals surface area contributed by atoms with Gasteiger partial charge in [0.1, 0.15) is 5.82 Å². The second kappa shape index (κ2) is 10.9. The molecule has 1 unspecified atom stereocenters. The van der Waals surface area contributed by atoms with Crippen molar-refractivity contribution >= 4 is 52.1 Å². The van der Waals surface area contributed by atoms with E-state index in [1.807, 2.05) is 13.0 Å². The lowest BCUT2D eigenvalue weighted by Crippen LogP contribution is -2.55. The highest BCUT2D eigenvalue weighted by Crippen LogP contribution is 2.38. The molecule has 4 rings (SSSR count). The number of likely N-dealkylation sites (tertiary alicyclic amines) is 1. The van der Waals surface area contributed by atoms with Crippen LogP contribution in [0.2, 0.25) is 5.02 Å². The molecule has 2 heterocycles. The third-order valence-electron chi connectivity index (χ3n) is 6.59. The summed E-state index contributed by atoms with van der Waals surface area (Å²) in [5.74, 6) is -0.232. The summed E-state index contributed by atoms with van der Waals surface area (Å²) >= 11 is 12.4. The van der Waals surface area contributed by atoms with E-state index in [4.69, 9.17) is 23.2 Å². The SMILES string of the molecule is CCNC(=O)NC[C@H]1CCCN1C(=O)C1(C(=O)N[C@@H](C)c2nc3cc(Cl)ccc3[nH]2)C=CC=C(Cl)C1. The topological polar surface area (TPSA) is 119 Å². The summed E-state index contributed by atoms with van der Waals surface area (Å²) in [5, 5.41) is 9.45.